The van der Waals surface area contributed by atoms with E-state index in [4.69, 9.17) is 15.9 Å². The van der Waals surface area contributed by atoms with Gasteiger partial charge in [-0.3, -0.25) is 33.3 Å². The van der Waals surface area contributed by atoms with Gasteiger partial charge in [0.25, 0.3) is 11.9 Å². The summed E-state index contributed by atoms with van der Waals surface area (Å²) in [5.41, 5.74) is 8.04. The van der Waals surface area contributed by atoms with Gasteiger partial charge in [0, 0.05) is 50.2 Å². The minimum atomic E-state index is -0.687. The smallest absolute Gasteiger partial charge is 0.303 e. The molecule has 0 aliphatic heterocycles. The van der Waals surface area contributed by atoms with E-state index in [2.05, 4.69) is 66.0 Å². The zero-order valence-electron chi connectivity index (χ0n) is 65.9. The second-order valence-electron chi connectivity index (χ2n) is 29.7. The highest BCUT2D eigenvalue weighted by Crippen LogP contribution is 2.27. The summed E-state index contributed by atoms with van der Waals surface area (Å²) < 4.78 is 1.54. The molecule has 0 saturated heterocycles. The highest BCUT2D eigenvalue weighted by atomic mass is 32.2. The summed E-state index contributed by atoms with van der Waals surface area (Å²) in [6.07, 6.45) is 58.2. The highest BCUT2D eigenvalue weighted by Gasteiger charge is 2.23. The molecule has 2 atom stereocenters. The number of hydrogen-bond acceptors (Lipinski definition) is 15. The highest BCUT2D eigenvalue weighted by molar-refractivity contribution is 7.99. The van der Waals surface area contributed by atoms with Gasteiger partial charge in [0.1, 0.15) is 6.04 Å². The molecular weight excluding hydrogens is 1340 g/mol. The lowest BCUT2D eigenvalue weighted by atomic mass is 9.95. The molecule has 4 amide bonds. The number of anilines is 2. The first kappa shape index (κ1) is 93.5. The van der Waals surface area contributed by atoms with Gasteiger partial charge in [-0.25, -0.2) is 0 Å². The van der Waals surface area contributed by atoms with Gasteiger partial charge >= 0.3 is 11.9 Å². The number of thioether (sulfide) groups is 1. The Hall–Kier alpha value is -5.74. The molecule has 0 bridgehead atoms. The second kappa shape index (κ2) is 65.4. The van der Waals surface area contributed by atoms with Crippen LogP contribution in [0.4, 0.5) is 11.8 Å². The van der Waals surface area contributed by atoms with Gasteiger partial charge in [-0.1, -0.05) is 270 Å². The number of nitrogens with one attached hydrogen (secondary N) is 7. The Morgan fingerprint density at radius 2 is 0.876 bits per heavy atom. The van der Waals surface area contributed by atoms with Crippen molar-refractivity contribution in [2.45, 2.75) is 354 Å². The van der Waals surface area contributed by atoms with E-state index in [0.29, 0.717) is 73.2 Å². The molecule has 105 heavy (non-hydrogen) atoms. The van der Waals surface area contributed by atoms with E-state index < -0.39 is 18.0 Å². The number of aliphatic carboxylic acids is 2. The Morgan fingerprint density at radius 1 is 0.448 bits per heavy atom. The van der Waals surface area contributed by atoms with E-state index in [9.17, 15) is 33.9 Å². The Bertz CT molecular complexity index is 2690. The Kier molecular flexibility index (Phi) is 58.2. The third-order valence-corrected chi connectivity index (χ3v) is 21.3. The van der Waals surface area contributed by atoms with Crippen molar-refractivity contribution in [2.75, 3.05) is 74.9 Å². The summed E-state index contributed by atoms with van der Waals surface area (Å²) in [5.74, 6) is 0.620. The Morgan fingerprint density at radius 3 is 1.34 bits per heavy atom. The van der Waals surface area contributed by atoms with Gasteiger partial charge in [-0.15, -0.1) is 0 Å². The van der Waals surface area contributed by atoms with Gasteiger partial charge in [0.2, 0.25) is 23.7 Å². The van der Waals surface area contributed by atoms with Crippen LogP contribution in [0.1, 0.15) is 357 Å². The van der Waals surface area contributed by atoms with Gasteiger partial charge in [-0.2, -0.15) is 26.7 Å². The molecule has 0 radical (unpaired) electrons. The number of rotatable bonds is 75. The standard InChI is InChI=1S/C83H148N12O9S/c1-3-5-7-8-9-10-11-15-22-27-32-37-42-51-73(96)91-72(68-105-67-70(50-41-36-31-26-21-17-14-19-24-29-34-39-44-53-76(100)101)49-40-35-30-25-20-16-12-13-18-23-28-33-38-43-52-75(98)99)81(103)88-64-48-61-86-59-46-45-58-85-60-47-63-87-74(97)65-90-80(102)71-56-54-69(55-57-71)66-95-79-77(92-83(95)104)78(84)93-82(94-79)89-62-6-4-2/h54-57,70,72,85-86H,3-53,58-68H2,1-2H3,(H,87,97)(H,88,103)(H,90,102)(H,91,96)(H,92,104)(H,98,99)(H,100,101)(H3,84,89,93,94)/t70?,72-/m0/s1. The van der Waals surface area contributed by atoms with Gasteiger partial charge in [0.05, 0.1) is 13.1 Å². The lowest BCUT2D eigenvalue weighted by Gasteiger charge is -2.21. The van der Waals surface area contributed by atoms with Crippen LogP contribution in [-0.4, -0.2) is 140 Å². The number of unbranched alkanes of at least 4 members (excludes halogenated alkanes) is 39. The Labute approximate surface area is 638 Å². The first-order chi connectivity index (χ1) is 51.3. The number of nitrogens with two attached hydrogens (primary N) is 1. The fourth-order valence-corrected chi connectivity index (χ4v) is 14.8. The number of imidazole rings is 1. The molecular formula is C83H148N12O9S. The fraction of sp³-hybridized carbons (Fsp3) is 0.795. The molecule has 0 aliphatic rings. The molecule has 3 aromatic rings. The maximum absolute atomic E-state index is 13.9. The first-order valence-corrected chi connectivity index (χ1v) is 43.6. The van der Waals surface area contributed by atoms with Gasteiger partial charge in [0.15, 0.2) is 17.0 Å². The van der Waals surface area contributed by atoms with Crippen LogP contribution in [0, 0.1) is 5.92 Å². The van der Waals surface area contributed by atoms with Gasteiger partial charge in [-0.05, 0) is 120 Å². The number of aromatic nitrogens is 4. The van der Waals surface area contributed by atoms with E-state index >= 15 is 0 Å². The molecule has 1 unspecified atom stereocenters. The average molecular weight is 1490 g/mol. The first-order valence-electron chi connectivity index (χ1n) is 42.4. The van der Waals surface area contributed by atoms with E-state index in [0.717, 1.165) is 134 Å². The van der Waals surface area contributed by atoms with E-state index in [1.54, 1.807) is 28.8 Å². The van der Waals surface area contributed by atoms with Crippen LogP contribution in [0.25, 0.3) is 11.2 Å². The van der Waals surface area contributed by atoms with E-state index in [1.807, 2.05) is 11.8 Å². The summed E-state index contributed by atoms with van der Waals surface area (Å²) in [5, 5.41) is 50.5. The number of aromatic hydroxyl groups is 1. The lowest BCUT2D eigenvalue weighted by Crippen LogP contribution is -2.48. The minimum Gasteiger partial charge on any atom is -0.481 e. The number of benzene rings is 1. The summed E-state index contributed by atoms with van der Waals surface area (Å²) >= 11 is 1.85. The topological polar surface area (TPSA) is 317 Å². The number of carboxylic acid groups (broad SMARTS) is 2. The van der Waals surface area contributed by atoms with E-state index in [-0.39, 0.29) is 48.5 Å². The van der Waals surface area contributed by atoms with Crippen LogP contribution in [0.5, 0.6) is 6.01 Å². The molecule has 1 aromatic carbocycles. The molecule has 600 valence electrons. The molecule has 2 heterocycles. The van der Waals surface area contributed by atoms with Crippen molar-refractivity contribution in [3.8, 4) is 6.01 Å². The Balaban J connectivity index is 1.37. The number of nitrogens with zero attached hydrogens (tertiary/aromatic N) is 4. The van der Waals surface area contributed by atoms with Crippen LogP contribution in [0.15, 0.2) is 24.3 Å². The number of carboxylic acids is 2. The minimum absolute atomic E-state index is 0.0150. The molecule has 0 aliphatic carbocycles. The average Bonchev–Trinajstić information content (AvgIpc) is 1.64. The molecule has 0 fully saturated rings. The lowest BCUT2D eigenvalue weighted by molar-refractivity contribution is -0.138. The third-order valence-electron chi connectivity index (χ3n) is 20.1. The normalized spacial score (nSPS) is 12.0. The SMILES string of the molecule is CCCCCCCCCCCCCCCC(=O)N[C@@H](CSCC(CCCCCCCCCCCCCCCCC(=O)O)CCCCCCCCCCCCCCCC(=O)O)C(=O)NCCCNCCCCNCCCNC(=O)CNC(=O)c1ccc(Cn2c(O)nc3c(N)nc(NCCCC)nc32)cc1. The third kappa shape index (κ3) is 51.3. The van der Waals surface area contributed by atoms with Gasteiger partial charge < -0.3 is 58.3 Å². The number of nitrogen functional groups attached to an aromatic ring is 1. The zero-order valence-corrected chi connectivity index (χ0v) is 66.7. The maximum Gasteiger partial charge on any atom is 0.303 e. The number of amides is 4. The monoisotopic (exact) mass is 1490 g/mol. The number of hydrogen-bond donors (Lipinski definition) is 11. The van der Waals surface area contributed by atoms with Crippen molar-refractivity contribution in [1.82, 2.24) is 51.4 Å². The van der Waals surface area contributed by atoms with Crippen LogP contribution in [-0.2, 0) is 30.5 Å². The molecule has 22 heteroatoms. The zero-order chi connectivity index (χ0) is 75.7. The summed E-state index contributed by atoms with van der Waals surface area (Å²) in [7, 11) is 0. The molecule has 2 aromatic heterocycles. The van der Waals surface area contributed by atoms with Crippen LogP contribution in [0.2, 0.25) is 0 Å². The number of carbonyl (C=O) groups is 6. The number of carbonyl (C=O) groups excluding carboxylic acids is 4. The summed E-state index contributed by atoms with van der Waals surface area (Å²) in [6, 6.07) is 6.09. The predicted molar refractivity (Wildman–Crippen MR) is 434 cm³/mol. The van der Waals surface area contributed by atoms with Crippen molar-refractivity contribution in [2.24, 2.45) is 5.92 Å². The van der Waals surface area contributed by atoms with Crippen LogP contribution >= 0.6 is 11.8 Å². The molecule has 12 N–H and O–H groups in total. The van der Waals surface area contributed by atoms with Crippen molar-refractivity contribution >= 4 is 70.3 Å². The summed E-state index contributed by atoms with van der Waals surface area (Å²) in [4.78, 5) is 87.4. The molecule has 21 nitrogen and oxygen atoms in total. The fourth-order valence-electron chi connectivity index (χ4n) is 13.5. The largest absolute Gasteiger partial charge is 0.481 e. The van der Waals surface area contributed by atoms with Crippen molar-refractivity contribution < 1.29 is 44.1 Å². The quantitative estimate of drug-likeness (QED) is 0.0234. The molecule has 0 saturated carbocycles. The summed E-state index contributed by atoms with van der Waals surface area (Å²) in [6.45, 7) is 9.46. The van der Waals surface area contributed by atoms with Crippen LogP contribution in [0.3, 0.4) is 0 Å². The van der Waals surface area contributed by atoms with E-state index in [1.165, 1.54) is 212 Å². The van der Waals surface area contributed by atoms with Crippen molar-refractivity contribution in [1.29, 1.82) is 0 Å². The predicted octanol–water partition coefficient (Wildman–Crippen LogP) is 17.7. The maximum atomic E-state index is 13.9. The van der Waals surface area contributed by atoms with Crippen molar-refractivity contribution in [3.05, 3.63) is 35.4 Å². The van der Waals surface area contributed by atoms with Crippen molar-refractivity contribution in [3.63, 3.8) is 0 Å². The van der Waals surface area contributed by atoms with Crippen LogP contribution < -0.4 is 43.0 Å². The molecule has 0 spiro atoms. The number of fused-ring (bicyclic) bond motifs is 1. The molecule has 3 rings (SSSR count). The second-order valence-corrected chi connectivity index (χ2v) is 30.8.